The van der Waals surface area contributed by atoms with Crippen molar-refractivity contribution in [2.45, 2.75) is 25.4 Å². The van der Waals surface area contributed by atoms with E-state index in [0.29, 0.717) is 17.9 Å². The van der Waals surface area contributed by atoms with E-state index >= 15 is 0 Å². The van der Waals surface area contributed by atoms with Gasteiger partial charge in [-0.25, -0.2) is 0 Å². The molecule has 1 aromatic carbocycles. The van der Waals surface area contributed by atoms with E-state index in [1.54, 1.807) is 6.26 Å². The molecule has 2 nitrogen and oxygen atoms in total. The Morgan fingerprint density at radius 2 is 2.17 bits per heavy atom. The molecule has 0 spiro atoms. The molecule has 96 valence electrons. The van der Waals surface area contributed by atoms with Crippen molar-refractivity contribution < 1.29 is 9.52 Å². The third-order valence-electron chi connectivity index (χ3n) is 2.77. The molecule has 1 aromatic heterocycles. The van der Waals surface area contributed by atoms with Crippen LogP contribution < -0.4 is 0 Å². The standard InChI is InChI=1S/C14H14BrClO2/c15-11-4-3-10(14(16)9-11)8-12(17)5-6-13-2-1-7-18-13/h1-4,7,9,12,17H,5-6,8H2. The number of hydrogen-bond acceptors (Lipinski definition) is 2. The van der Waals surface area contributed by atoms with E-state index in [0.717, 1.165) is 22.2 Å². The summed E-state index contributed by atoms with van der Waals surface area (Å²) in [7, 11) is 0. The quantitative estimate of drug-likeness (QED) is 0.890. The van der Waals surface area contributed by atoms with Crippen molar-refractivity contribution in [2.75, 3.05) is 0 Å². The van der Waals surface area contributed by atoms with Gasteiger partial charge in [0.05, 0.1) is 12.4 Å². The predicted octanol–water partition coefficient (Wildman–Crippen LogP) is 4.23. The van der Waals surface area contributed by atoms with E-state index in [9.17, 15) is 5.11 Å². The van der Waals surface area contributed by atoms with Crippen LogP contribution in [0.15, 0.2) is 45.5 Å². The molecule has 1 heterocycles. The molecule has 1 atom stereocenters. The van der Waals surface area contributed by atoms with Gasteiger partial charge in [-0.3, -0.25) is 0 Å². The molecule has 1 N–H and O–H groups in total. The molecule has 0 bridgehead atoms. The summed E-state index contributed by atoms with van der Waals surface area (Å²) in [4.78, 5) is 0. The monoisotopic (exact) mass is 328 g/mol. The largest absolute Gasteiger partial charge is 0.469 e. The van der Waals surface area contributed by atoms with Crippen molar-refractivity contribution in [3.63, 3.8) is 0 Å². The Balaban J connectivity index is 1.88. The van der Waals surface area contributed by atoms with E-state index in [-0.39, 0.29) is 0 Å². The number of aryl methyl sites for hydroxylation is 1. The fourth-order valence-corrected chi connectivity index (χ4v) is 2.56. The zero-order valence-electron chi connectivity index (χ0n) is 9.77. The van der Waals surface area contributed by atoms with Crippen molar-refractivity contribution >= 4 is 27.5 Å². The minimum absolute atomic E-state index is 0.409. The summed E-state index contributed by atoms with van der Waals surface area (Å²) in [6, 6.07) is 9.48. The van der Waals surface area contributed by atoms with Gasteiger partial charge in [0.1, 0.15) is 5.76 Å². The predicted molar refractivity (Wildman–Crippen MR) is 75.9 cm³/mol. The zero-order valence-corrected chi connectivity index (χ0v) is 12.1. The average Bonchev–Trinajstić information content (AvgIpc) is 2.83. The molecule has 0 aliphatic rings. The Hall–Kier alpha value is -0.770. The number of benzene rings is 1. The van der Waals surface area contributed by atoms with Crippen LogP contribution in [0.25, 0.3) is 0 Å². The highest BCUT2D eigenvalue weighted by Crippen LogP contribution is 2.23. The molecule has 18 heavy (non-hydrogen) atoms. The van der Waals surface area contributed by atoms with Gasteiger partial charge in [0.2, 0.25) is 0 Å². The molecule has 2 aromatic rings. The summed E-state index contributed by atoms with van der Waals surface area (Å²) in [6.45, 7) is 0. The summed E-state index contributed by atoms with van der Waals surface area (Å²) in [5.41, 5.74) is 0.965. The lowest BCUT2D eigenvalue weighted by molar-refractivity contribution is 0.163. The molecule has 0 aliphatic heterocycles. The smallest absolute Gasteiger partial charge is 0.103 e. The summed E-state index contributed by atoms with van der Waals surface area (Å²) >= 11 is 9.47. The Bertz CT molecular complexity index is 497. The topological polar surface area (TPSA) is 33.4 Å². The SMILES string of the molecule is OC(CCc1ccco1)Cc1ccc(Br)cc1Cl. The number of aliphatic hydroxyl groups excluding tert-OH is 1. The average molecular weight is 330 g/mol. The fourth-order valence-electron chi connectivity index (χ4n) is 1.81. The van der Waals surface area contributed by atoms with Crippen LogP contribution in [0.1, 0.15) is 17.7 Å². The van der Waals surface area contributed by atoms with Gasteiger partial charge in [-0.1, -0.05) is 33.6 Å². The van der Waals surface area contributed by atoms with Crippen LogP contribution in [0, 0.1) is 0 Å². The first-order valence-electron chi connectivity index (χ1n) is 5.79. The number of aliphatic hydroxyl groups is 1. The molecule has 2 rings (SSSR count). The Kier molecular flexibility index (Phi) is 4.87. The van der Waals surface area contributed by atoms with Crippen LogP contribution in [0.2, 0.25) is 5.02 Å². The van der Waals surface area contributed by atoms with Crippen LogP contribution in [0.4, 0.5) is 0 Å². The summed E-state index contributed by atoms with van der Waals surface area (Å²) in [6.07, 6.45) is 3.20. The molecule has 0 radical (unpaired) electrons. The fraction of sp³-hybridized carbons (Fsp3) is 0.286. The Labute approximate surface area is 120 Å². The van der Waals surface area contributed by atoms with Gasteiger partial charge >= 0.3 is 0 Å². The van der Waals surface area contributed by atoms with Crippen molar-refractivity contribution in [1.29, 1.82) is 0 Å². The van der Waals surface area contributed by atoms with Gasteiger partial charge in [0, 0.05) is 15.9 Å². The Morgan fingerprint density at radius 3 is 2.83 bits per heavy atom. The highest BCUT2D eigenvalue weighted by Gasteiger charge is 2.10. The van der Waals surface area contributed by atoms with Crippen molar-refractivity contribution in [3.8, 4) is 0 Å². The van der Waals surface area contributed by atoms with Gasteiger partial charge in [-0.15, -0.1) is 0 Å². The second kappa shape index (κ2) is 6.41. The van der Waals surface area contributed by atoms with Crippen molar-refractivity contribution in [3.05, 3.63) is 57.4 Å². The van der Waals surface area contributed by atoms with E-state index < -0.39 is 6.10 Å². The normalized spacial score (nSPS) is 12.6. The summed E-state index contributed by atoms with van der Waals surface area (Å²) in [5, 5.41) is 10.7. The van der Waals surface area contributed by atoms with Gasteiger partial charge in [0.25, 0.3) is 0 Å². The molecule has 0 aliphatic carbocycles. The van der Waals surface area contributed by atoms with E-state index in [1.807, 2.05) is 30.3 Å². The van der Waals surface area contributed by atoms with Crippen LogP contribution in [0.5, 0.6) is 0 Å². The highest BCUT2D eigenvalue weighted by molar-refractivity contribution is 9.10. The minimum Gasteiger partial charge on any atom is -0.469 e. The number of halogens is 2. The zero-order chi connectivity index (χ0) is 13.0. The second-order valence-electron chi connectivity index (χ2n) is 4.21. The third-order valence-corrected chi connectivity index (χ3v) is 3.62. The lowest BCUT2D eigenvalue weighted by atomic mass is 10.0. The van der Waals surface area contributed by atoms with Crippen LogP contribution in [0.3, 0.4) is 0 Å². The van der Waals surface area contributed by atoms with Gasteiger partial charge in [-0.2, -0.15) is 0 Å². The first-order chi connectivity index (χ1) is 8.65. The van der Waals surface area contributed by atoms with Crippen LogP contribution >= 0.6 is 27.5 Å². The second-order valence-corrected chi connectivity index (χ2v) is 5.53. The van der Waals surface area contributed by atoms with E-state index in [2.05, 4.69) is 15.9 Å². The third kappa shape index (κ3) is 3.87. The summed E-state index contributed by atoms with van der Waals surface area (Å²) < 4.78 is 6.18. The van der Waals surface area contributed by atoms with Crippen molar-refractivity contribution in [2.24, 2.45) is 0 Å². The maximum Gasteiger partial charge on any atom is 0.103 e. The molecule has 1 unspecified atom stereocenters. The van der Waals surface area contributed by atoms with Gasteiger partial charge in [0.15, 0.2) is 0 Å². The lowest BCUT2D eigenvalue weighted by Gasteiger charge is -2.11. The molecule has 4 heteroatoms. The van der Waals surface area contributed by atoms with Crippen LogP contribution in [-0.4, -0.2) is 11.2 Å². The molecule has 0 amide bonds. The number of furan rings is 1. The molecule has 0 saturated heterocycles. The van der Waals surface area contributed by atoms with Gasteiger partial charge in [-0.05, 0) is 42.7 Å². The van der Waals surface area contributed by atoms with Gasteiger partial charge < -0.3 is 9.52 Å². The molecular formula is C14H14BrClO2. The number of rotatable bonds is 5. The van der Waals surface area contributed by atoms with E-state index in [1.165, 1.54) is 0 Å². The number of hydrogen-bond donors (Lipinski definition) is 1. The van der Waals surface area contributed by atoms with E-state index in [4.69, 9.17) is 16.0 Å². The maximum absolute atomic E-state index is 9.98. The molecule has 0 saturated carbocycles. The maximum atomic E-state index is 9.98. The minimum atomic E-state index is -0.409. The highest BCUT2D eigenvalue weighted by atomic mass is 79.9. The lowest BCUT2D eigenvalue weighted by Crippen LogP contribution is -2.11. The first kappa shape index (κ1) is 13.7. The van der Waals surface area contributed by atoms with Crippen molar-refractivity contribution in [1.82, 2.24) is 0 Å². The molecular weight excluding hydrogens is 316 g/mol. The van der Waals surface area contributed by atoms with Crippen LogP contribution in [-0.2, 0) is 12.8 Å². The summed E-state index contributed by atoms with van der Waals surface area (Å²) in [5.74, 6) is 0.899. The molecule has 0 fully saturated rings. The first-order valence-corrected chi connectivity index (χ1v) is 6.96. The Morgan fingerprint density at radius 1 is 1.33 bits per heavy atom.